The zero-order chi connectivity index (χ0) is 15.4. The van der Waals surface area contributed by atoms with E-state index >= 15 is 0 Å². The molecule has 22 heavy (non-hydrogen) atoms. The van der Waals surface area contributed by atoms with Crippen LogP contribution >= 0.6 is 0 Å². The van der Waals surface area contributed by atoms with Gasteiger partial charge in [-0.2, -0.15) is 5.10 Å². The van der Waals surface area contributed by atoms with E-state index in [1.807, 2.05) is 10.9 Å². The van der Waals surface area contributed by atoms with E-state index in [0.717, 1.165) is 32.7 Å². The van der Waals surface area contributed by atoms with E-state index in [-0.39, 0.29) is 0 Å². The predicted molar refractivity (Wildman–Crippen MR) is 87.5 cm³/mol. The molecule has 0 aliphatic carbocycles. The van der Waals surface area contributed by atoms with Crippen LogP contribution in [0.1, 0.15) is 31.7 Å². The summed E-state index contributed by atoms with van der Waals surface area (Å²) in [6.45, 7) is 10.1. The molecule has 0 saturated carbocycles. The number of hydrogen-bond donors (Lipinski definition) is 1. The monoisotopic (exact) mass is 306 g/mol. The van der Waals surface area contributed by atoms with Gasteiger partial charge in [0.1, 0.15) is 0 Å². The Morgan fingerprint density at radius 2 is 1.91 bits per heavy atom. The Morgan fingerprint density at radius 1 is 1.14 bits per heavy atom. The summed E-state index contributed by atoms with van der Waals surface area (Å²) in [7, 11) is 0. The molecule has 0 bridgehead atoms. The van der Waals surface area contributed by atoms with Gasteiger partial charge in [0.2, 0.25) is 0 Å². The molecule has 3 heterocycles. The van der Waals surface area contributed by atoms with Crippen LogP contribution in [0.4, 0.5) is 0 Å². The first-order valence-electron chi connectivity index (χ1n) is 8.85. The fourth-order valence-corrected chi connectivity index (χ4v) is 3.97. The number of piperidine rings is 1. The van der Waals surface area contributed by atoms with Crippen LogP contribution in [0.2, 0.25) is 0 Å². The highest BCUT2D eigenvalue weighted by molar-refractivity contribution is 5.04. The molecule has 1 aromatic rings. The van der Waals surface area contributed by atoms with Crippen molar-refractivity contribution in [2.45, 2.75) is 39.3 Å². The maximum atomic E-state index is 9.73. The third kappa shape index (κ3) is 3.89. The van der Waals surface area contributed by atoms with Gasteiger partial charge in [-0.15, -0.1) is 0 Å². The van der Waals surface area contributed by atoms with Gasteiger partial charge >= 0.3 is 0 Å². The number of aliphatic hydroxyl groups excluding tert-OH is 1. The van der Waals surface area contributed by atoms with Crippen molar-refractivity contribution in [3.05, 3.63) is 18.0 Å². The second kappa shape index (κ2) is 7.57. The van der Waals surface area contributed by atoms with Crippen LogP contribution in [0.25, 0.3) is 0 Å². The van der Waals surface area contributed by atoms with Crippen LogP contribution in [0.15, 0.2) is 12.4 Å². The van der Waals surface area contributed by atoms with Gasteiger partial charge in [0, 0.05) is 51.1 Å². The largest absolute Gasteiger partial charge is 0.396 e. The second-order valence-electron chi connectivity index (χ2n) is 6.96. The molecule has 1 N–H and O–H groups in total. The summed E-state index contributed by atoms with van der Waals surface area (Å²) in [5, 5.41) is 14.1. The van der Waals surface area contributed by atoms with E-state index in [0.29, 0.717) is 18.4 Å². The van der Waals surface area contributed by atoms with E-state index in [1.165, 1.54) is 37.9 Å². The topological polar surface area (TPSA) is 44.5 Å². The molecular weight excluding hydrogens is 276 g/mol. The van der Waals surface area contributed by atoms with Gasteiger partial charge in [0.15, 0.2) is 0 Å². The quantitative estimate of drug-likeness (QED) is 0.863. The fraction of sp³-hybridized carbons (Fsp3) is 0.824. The lowest BCUT2D eigenvalue weighted by Gasteiger charge is -2.30. The van der Waals surface area contributed by atoms with Gasteiger partial charge in [0.05, 0.1) is 6.20 Å². The molecule has 2 atom stereocenters. The van der Waals surface area contributed by atoms with Crippen LogP contribution in [0.5, 0.6) is 0 Å². The lowest BCUT2D eigenvalue weighted by atomic mass is 9.95. The molecular formula is C17H30N4O. The molecule has 0 spiro atoms. The molecule has 0 radical (unpaired) electrons. The SMILES string of the molecule is CCn1cc(CN2C[C@@H](CN3CCCCC3)[C@@H](CO)C2)cn1. The molecule has 5 heteroatoms. The van der Waals surface area contributed by atoms with Gasteiger partial charge < -0.3 is 10.0 Å². The summed E-state index contributed by atoms with van der Waals surface area (Å²) >= 11 is 0. The van der Waals surface area contributed by atoms with Crippen LogP contribution in [0, 0.1) is 11.8 Å². The number of nitrogens with zero attached hydrogens (tertiary/aromatic N) is 4. The molecule has 0 unspecified atom stereocenters. The van der Waals surface area contributed by atoms with E-state index in [1.54, 1.807) is 0 Å². The highest BCUT2D eigenvalue weighted by atomic mass is 16.3. The van der Waals surface area contributed by atoms with E-state index < -0.39 is 0 Å². The van der Waals surface area contributed by atoms with Crippen molar-refractivity contribution in [2.75, 3.05) is 39.3 Å². The van der Waals surface area contributed by atoms with Crippen LogP contribution in [0.3, 0.4) is 0 Å². The zero-order valence-electron chi connectivity index (χ0n) is 13.8. The zero-order valence-corrected chi connectivity index (χ0v) is 13.8. The van der Waals surface area contributed by atoms with Crippen molar-refractivity contribution in [1.82, 2.24) is 19.6 Å². The number of aliphatic hydroxyl groups is 1. The smallest absolute Gasteiger partial charge is 0.0534 e. The maximum Gasteiger partial charge on any atom is 0.0534 e. The molecule has 5 nitrogen and oxygen atoms in total. The fourth-order valence-electron chi connectivity index (χ4n) is 3.97. The summed E-state index contributed by atoms with van der Waals surface area (Å²) in [6.07, 6.45) is 8.20. The highest BCUT2D eigenvalue weighted by Gasteiger charge is 2.33. The van der Waals surface area contributed by atoms with E-state index in [4.69, 9.17) is 0 Å². The molecule has 1 aromatic heterocycles. The standard InChI is InChI=1S/C17H30N4O/c1-2-21-10-15(8-18-21)9-20-12-16(17(13-20)14-22)11-19-6-4-3-5-7-19/h8,10,16-17,22H,2-7,9,11-14H2,1H3/t16-,17-/m1/s1. The van der Waals surface area contributed by atoms with E-state index in [2.05, 4.69) is 28.0 Å². The lowest BCUT2D eigenvalue weighted by Crippen LogP contribution is -2.37. The Kier molecular flexibility index (Phi) is 5.50. The van der Waals surface area contributed by atoms with Crippen LogP contribution in [-0.2, 0) is 13.1 Å². The van der Waals surface area contributed by atoms with Crippen molar-refractivity contribution in [3.8, 4) is 0 Å². The first kappa shape index (κ1) is 16.0. The Balaban J connectivity index is 1.54. The molecule has 3 rings (SSSR count). The summed E-state index contributed by atoms with van der Waals surface area (Å²) in [5.41, 5.74) is 1.29. The molecule has 0 aromatic carbocycles. The molecule has 2 aliphatic heterocycles. The van der Waals surface area contributed by atoms with Crippen molar-refractivity contribution in [2.24, 2.45) is 11.8 Å². The highest BCUT2D eigenvalue weighted by Crippen LogP contribution is 2.26. The van der Waals surface area contributed by atoms with Gasteiger partial charge in [-0.3, -0.25) is 9.58 Å². The van der Waals surface area contributed by atoms with Crippen LogP contribution in [-0.4, -0.2) is 64.0 Å². The predicted octanol–water partition coefficient (Wildman–Crippen LogP) is 1.43. The summed E-state index contributed by atoms with van der Waals surface area (Å²) in [6, 6.07) is 0. The summed E-state index contributed by atoms with van der Waals surface area (Å²) in [5.74, 6) is 1.05. The Morgan fingerprint density at radius 3 is 2.59 bits per heavy atom. The minimum Gasteiger partial charge on any atom is -0.396 e. The lowest BCUT2D eigenvalue weighted by molar-refractivity contribution is 0.149. The number of likely N-dealkylation sites (tertiary alicyclic amines) is 2. The molecule has 2 fully saturated rings. The van der Waals surface area contributed by atoms with Gasteiger partial charge in [-0.25, -0.2) is 0 Å². The third-order valence-electron chi connectivity index (χ3n) is 5.24. The molecule has 2 saturated heterocycles. The number of aryl methyl sites for hydroxylation is 1. The minimum atomic E-state index is 0.323. The molecule has 0 amide bonds. The van der Waals surface area contributed by atoms with Crippen molar-refractivity contribution in [1.29, 1.82) is 0 Å². The van der Waals surface area contributed by atoms with E-state index in [9.17, 15) is 5.11 Å². The Labute approximate surface area is 133 Å². The Bertz CT molecular complexity index is 455. The third-order valence-corrected chi connectivity index (χ3v) is 5.24. The molecule has 124 valence electrons. The Hall–Kier alpha value is -0.910. The maximum absolute atomic E-state index is 9.73. The van der Waals surface area contributed by atoms with Gasteiger partial charge in [0.25, 0.3) is 0 Å². The summed E-state index contributed by atoms with van der Waals surface area (Å²) < 4.78 is 1.99. The first-order valence-corrected chi connectivity index (χ1v) is 8.85. The average Bonchev–Trinajstić information content (AvgIpc) is 3.15. The van der Waals surface area contributed by atoms with Crippen molar-refractivity contribution >= 4 is 0 Å². The number of rotatable bonds is 6. The van der Waals surface area contributed by atoms with Gasteiger partial charge in [-0.05, 0) is 44.7 Å². The average molecular weight is 306 g/mol. The second-order valence-corrected chi connectivity index (χ2v) is 6.96. The minimum absolute atomic E-state index is 0.323. The first-order chi connectivity index (χ1) is 10.8. The molecule has 2 aliphatic rings. The normalized spacial score (nSPS) is 27.5. The van der Waals surface area contributed by atoms with Gasteiger partial charge in [-0.1, -0.05) is 6.42 Å². The number of hydrogen-bond acceptors (Lipinski definition) is 4. The van der Waals surface area contributed by atoms with Crippen molar-refractivity contribution in [3.63, 3.8) is 0 Å². The van der Waals surface area contributed by atoms with Crippen LogP contribution < -0.4 is 0 Å². The van der Waals surface area contributed by atoms with Crippen molar-refractivity contribution < 1.29 is 5.11 Å². The number of aromatic nitrogens is 2. The summed E-state index contributed by atoms with van der Waals surface area (Å²) in [4.78, 5) is 5.10.